The summed E-state index contributed by atoms with van der Waals surface area (Å²) in [4.78, 5) is 24.9. The molecule has 26 heavy (non-hydrogen) atoms. The van der Waals surface area contributed by atoms with Crippen LogP contribution in [0.1, 0.15) is 29.3 Å². The van der Waals surface area contributed by atoms with Gasteiger partial charge in [-0.2, -0.15) is 0 Å². The van der Waals surface area contributed by atoms with Crippen LogP contribution >= 0.6 is 28.7 Å². The smallest absolute Gasteiger partial charge is 0.335 e. The van der Waals surface area contributed by atoms with Crippen LogP contribution in [0.15, 0.2) is 53.0 Å². The molecule has 0 saturated heterocycles. The van der Waals surface area contributed by atoms with E-state index in [-0.39, 0.29) is 24.2 Å². The molecular formula is C18H18BrFN2O3S. The Balaban J connectivity index is 2.27. The van der Waals surface area contributed by atoms with Gasteiger partial charge in [0.2, 0.25) is 0 Å². The highest BCUT2D eigenvalue weighted by atomic mass is 79.9. The van der Waals surface area contributed by atoms with Crippen LogP contribution < -0.4 is 5.32 Å². The van der Waals surface area contributed by atoms with Crippen molar-refractivity contribution in [1.29, 1.82) is 0 Å². The molecule has 0 aromatic heterocycles. The first kappa shape index (κ1) is 20.4. The molecule has 8 heteroatoms. The van der Waals surface area contributed by atoms with Gasteiger partial charge in [-0.15, -0.1) is 0 Å². The van der Waals surface area contributed by atoms with E-state index >= 15 is 0 Å². The predicted molar refractivity (Wildman–Crippen MR) is 103 cm³/mol. The van der Waals surface area contributed by atoms with Gasteiger partial charge in [-0.1, -0.05) is 46.9 Å². The summed E-state index contributed by atoms with van der Waals surface area (Å²) >= 11 is 7.24. The topological polar surface area (TPSA) is 69.6 Å². The Morgan fingerprint density at radius 2 is 1.92 bits per heavy atom. The van der Waals surface area contributed by atoms with Gasteiger partial charge in [0, 0.05) is 22.2 Å². The maximum atomic E-state index is 14.3. The molecule has 0 aliphatic heterocycles. The molecule has 0 saturated carbocycles. The Morgan fingerprint density at radius 3 is 2.54 bits per heavy atom. The molecule has 0 fully saturated rings. The van der Waals surface area contributed by atoms with Crippen LogP contribution in [0.4, 0.5) is 9.18 Å². The van der Waals surface area contributed by atoms with Gasteiger partial charge in [-0.3, -0.25) is 4.79 Å². The maximum Gasteiger partial charge on any atom is 0.335 e. The number of aliphatic hydroxyl groups excluding tert-OH is 1. The molecule has 2 aromatic carbocycles. The lowest BCUT2D eigenvalue weighted by molar-refractivity contribution is 0.0889. The van der Waals surface area contributed by atoms with E-state index in [0.717, 1.165) is 0 Å². The zero-order chi connectivity index (χ0) is 19.3. The highest BCUT2D eigenvalue weighted by molar-refractivity contribution is 9.10. The van der Waals surface area contributed by atoms with E-state index < -0.39 is 23.3 Å². The average Bonchev–Trinajstić information content (AvgIpc) is 2.63. The summed E-state index contributed by atoms with van der Waals surface area (Å²) in [6, 6.07) is 11.7. The Bertz CT molecular complexity index is 806. The molecule has 0 spiro atoms. The van der Waals surface area contributed by atoms with Gasteiger partial charge in [0.25, 0.3) is 5.91 Å². The third kappa shape index (κ3) is 4.63. The van der Waals surface area contributed by atoms with Gasteiger partial charge in [0.05, 0.1) is 5.54 Å². The van der Waals surface area contributed by atoms with Gasteiger partial charge in [-0.05, 0) is 43.7 Å². The van der Waals surface area contributed by atoms with E-state index in [1.807, 2.05) is 0 Å². The monoisotopic (exact) mass is 440 g/mol. The molecule has 0 radical (unpaired) electrons. The Morgan fingerprint density at radius 1 is 1.27 bits per heavy atom. The Hall–Kier alpha value is -1.90. The zero-order valence-corrected chi connectivity index (χ0v) is 16.4. The summed E-state index contributed by atoms with van der Waals surface area (Å²) in [5, 5.41) is 12.0. The number of rotatable bonds is 5. The molecule has 2 rings (SSSR count). The van der Waals surface area contributed by atoms with Crippen LogP contribution in [-0.4, -0.2) is 28.0 Å². The van der Waals surface area contributed by atoms with Crippen molar-refractivity contribution in [2.75, 3.05) is 6.61 Å². The molecule has 0 bridgehead atoms. The third-order valence-electron chi connectivity index (χ3n) is 3.92. The summed E-state index contributed by atoms with van der Waals surface area (Å²) < 4.78 is 15.6. The molecule has 2 N–H and O–H groups in total. The second kappa shape index (κ2) is 8.66. The number of thiol groups is 1. The Kier molecular flexibility index (Phi) is 6.80. The van der Waals surface area contributed by atoms with Crippen LogP contribution in [0.5, 0.6) is 0 Å². The predicted octanol–water partition coefficient (Wildman–Crippen LogP) is 3.88. The maximum absolute atomic E-state index is 14.3. The second-order valence-corrected chi connectivity index (χ2v) is 7.16. The molecule has 0 aliphatic rings. The molecule has 2 aromatic rings. The highest BCUT2D eigenvalue weighted by Gasteiger charge is 2.33. The quantitative estimate of drug-likeness (QED) is 0.617. The van der Waals surface area contributed by atoms with Crippen molar-refractivity contribution in [2.45, 2.75) is 18.9 Å². The largest absolute Gasteiger partial charge is 0.396 e. The lowest BCUT2D eigenvalue weighted by Crippen LogP contribution is -2.49. The number of hydrogen-bond donors (Lipinski definition) is 3. The Labute approximate surface area is 164 Å². The van der Waals surface area contributed by atoms with Crippen LogP contribution in [0.2, 0.25) is 0 Å². The van der Waals surface area contributed by atoms with Crippen LogP contribution in [0.3, 0.4) is 0 Å². The van der Waals surface area contributed by atoms with Gasteiger partial charge >= 0.3 is 6.03 Å². The fourth-order valence-corrected chi connectivity index (χ4v) is 3.02. The molecule has 3 amide bonds. The average molecular weight is 441 g/mol. The summed E-state index contributed by atoms with van der Waals surface area (Å²) in [5.74, 6) is -1.16. The number of hydrogen-bond acceptors (Lipinski definition) is 4. The van der Waals surface area contributed by atoms with E-state index in [1.165, 1.54) is 18.2 Å². The highest BCUT2D eigenvalue weighted by Crippen LogP contribution is 2.30. The second-order valence-electron chi connectivity index (χ2n) is 5.84. The van der Waals surface area contributed by atoms with Gasteiger partial charge in [0.15, 0.2) is 0 Å². The zero-order valence-electron chi connectivity index (χ0n) is 13.9. The van der Waals surface area contributed by atoms with Crippen LogP contribution in [0, 0.1) is 5.82 Å². The van der Waals surface area contributed by atoms with E-state index in [0.29, 0.717) is 8.78 Å². The number of carbonyl (C=O) groups excluding carboxylic acids is 2. The van der Waals surface area contributed by atoms with Crippen molar-refractivity contribution in [1.82, 2.24) is 9.62 Å². The lowest BCUT2D eigenvalue weighted by Gasteiger charge is -2.32. The van der Waals surface area contributed by atoms with Crippen molar-refractivity contribution in [2.24, 2.45) is 0 Å². The summed E-state index contributed by atoms with van der Waals surface area (Å²) in [5.41, 5.74) is -0.768. The van der Waals surface area contributed by atoms with Crippen molar-refractivity contribution in [3.63, 3.8) is 0 Å². The number of nitrogens with one attached hydrogen (secondary N) is 1. The molecule has 0 heterocycles. The summed E-state index contributed by atoms with van der Waals surface area (Å²) in [6.07, 6.45) is 0.0489. The molecule has 1 atom stereocenters. The van der Waals surface area contributed by atoms with E-state index in [1.54, 1.807) is 37.3 Å². The molecule has 138 valence electrons. The van der Waals surface area contributed by atoms with E-state index in [9.17, 15) is 19.1 Å². The number of nitrogens with zero attached hydrogens (tertiary/aromatic N) is 1. The van der Waals surface area contributed by atoms with E-state index in [4.69, 9.17) is 0 Å². The summed E-state index contributed by atoms with van der Waals surface area (Å²) in [7, 11) is 0. The number of amides is 3. The first-order valence-electron chi connectivity index (χ1n) is 7.75. The lowest BCUT2D eigenvalue weighted by atomic mass is 9.88. The first-order chi connectivity index (χ1) is 12.3. The fourth-order valence-electron chi connectivity index (χ4n) is 2.49. The summed E-state index contributed by atoms with van der Waals surface area (Å²) in [6.45, 7) is 1.28. The van der Waals surface area contributed by atoms with Gasteiger partial charge in [-0.25, -0.2) is 13.5 Å². The first-order valence-corrected chi connectivity index (χ1v) is 8.94. The molecular weight excluding hydrogens is 423 g/mol. The number of halogens is 2. The number of aliphatic hydroxyl groups is 1. The van der Waals surface area contributed by atoms with Crippen molar-refractivity contribution in [3.05, 3.63) is 69.9 Å². The van der Waals surface area contributed by atoms with Crippen LogP contribution in [0.25, 0.3) is 0 Å². The standard InChI is InChI=1S/C18H18BrFN2O3S/c1-18(9-10-23,14-11-13(19)7-8-15(14)20)21-17(25)22(26)16(24)12-5-3-2-4-6-12/h2-8,11,23,26H,9-10H2,1H3,(H,21,25). The minimum Gasteiger partial charge on any atom is -0.396 e. The number of carbonyl (C=O) groups is 2. The third-order valence-corrected chi connectivity index (χ3v) is 4.78. The SMILES string of the molecule is CC(CCO)(NC(=O)N(S)C(=O)c1ccccc1)c1cc(Br)ccc1F. The minimum absolute atomic E-state index is 0.0489. The fraction of sp³-hybridized carbons (Fsp3) is 0.222. The van der Waals surface area contributed by atoms with Crippen molar-refractivity contribution >= 4 is 40.7 Å². The number of benzene rings is 2. The normalized spacial score (nSPS) is 13.0. The number of urea groups is 1. The molecule has 5 nitrogen and oxygen atoms in total. The van der Waals surface area contributed by atoms with E-state index in [2.05, 4.69) is 34.1 Å². The van der Waals surface area contributed by atoms with Gasteiger partial charge < -0.3 is 10.4 Å². The number of imide groups is 1. The van der Waals surface area contributed by atoms with Crippen LogP contribution in [-0.2, 0) is 5.54 Å². The van der Waals surface area contributed by atoms with Gasteiger partial charge in [0.1, 0.15) is 5.82 Å². The molecule has 1 unspecified atom stereocenters. The van der Waals surface area contributed by atoms with Crippen molar-refractivity contribution < 1.29 is 19.1 Å². The van der Waals surface area contributed by atoms with Crippen molar-refractivity contribution in [3.8, 4) is 0 Å². The molecule has 0 aliphatic carbocycles. The minimum atomic E-state index is -1.24.